The molecular weight excluding hydrogens is 444 g/mol. The molecule has 32 heavy (non-hydrogen) atoms. The Bertz CT molecular complexity index is 1630. The predicted molar refractivity (Wildman–Crippen MR) is 115 cm³/mol. The molecule has 2 aromatic heterocycles. The fourth-order valence-electron chi connectivity index (χ4n) is 3.74. The van der Waals surface area contributed by atoms with E-state index in [1.165, 1.54) is 0 Å². The number of rotatable bonds is 5. The van der Waals surface area contributed by atoms with Gasteiger partial charge in [0.05, 0.1) is 24.8 Å². The van der Waals surface area contributed by atoms with Gasteiger partial charge < -0.3 is 10.4 Å². The van der Waals surface area contributed by atoms with Gasteiger partial charge in [0.2, 0.25) is 16.0 Å². The van der Waals surface area contributed by atoms with Crippen LogP contribution in [0.3, 0.4) is 0 Å². The Morgan fingerprint density at radius 2 is 2.22 bits per heavy atom. The fourth-order valence-corrected chi connectivity index (χ4v) is 4.21. The molecule has 1 saturated heterocycles. The zero-order chi connectivity index (χ0) is 33.7. The Hall–Kier alpha value is -2.18. The first-order valence-electron chi connectivity index (χ1n) is 15.4. The van der Waals surface area contributed by atoms with Gasteiger partial charge in [-0.3, -0.25) is 9.36 Å². The molecule has 0 amide bonds. The monoisotopic (exact) mass is 483 g/mol. The quantitative estimate of drug-likeness (QED) is 0.668. The molecular formula is C20H27F2N5O4S. The largest absolute Gasteiger partial charge is 0.388 e. The average Bonchev–Trinajstić information content (AvgIpc) is 3.23. The van der Waals surface area contributed by atoms with Gasteiger partial charge in [-0.25, -0.2) is 26.5 Å². The average molecular weight is 484 g/mol. The molecule has 2 N–H and O–H groups in total. The summed E-state index contributed by atoms with van der Waals surface area (Å²) in [7, 11) is -5.23. The minimum absolute atomic E-state index is 0.0527. The van der Waals surface area contributed by atoms with Crippen LogP contribution in [0.2, 0.25) is 0 Å². The van der Waals surface area contributed by atoms with Crippen molar-refractivity contribution in [3.63, 3.8) is 0 Å². The van der Waals surface area contributed by atoms with Crippen molar-refractivity contribution < 1.29 is 38.8 Å². The van der Waals surface area contributed by atoms with Crippen LogP contribution in [0.25, 0.3) is 11.0 Å². The number of nitrogens with one attached hydrogen (secondary N) is 1. The van der Waals surface area contributed by atoms with Crippen molar-refractivity contribution in [2.75, 3.05) is 24.6 Å². The van der Waals surface area contributed by atoms with Crippen molar-refractivity contribution in [2.45, 2.75) is 62.9 Å². The van der Waals surface area contributed by atoms with Crippen LogP contribution in [0.4, 0.5) is 14.7 Å². The summed E-state index contributed by atoms with van der Waals surface area (Å²) in [5, 5.41) is 12.9. The Morgan fingerprint density at radius 3 is 2.88 bits per heavy atom. The van der Waals surface area contributed by atoms with Crippen LogP contribution in [0, 0.1) is 0 Å². The van der Waals surface area contributed by atoms with Crippen LogP contribution < -0.4 is 10.9 Å². The molecule has 1 aliphatic carbocycles. The van der Waals surface area contributed by atoms with Crippen molar-refractivity contribution in [3.8, 4) is 0 Å². The maximum absolute atomic E-state index is 14.2. The lowest BCUT2D eigenvalue weighted by molar-refractivity contribution is 0.0261. The maximum atomic E-state index is 14.2. The van der Waals surface area contributed by atoms with Crippen molar-refractivity contribution in [1.82, 2.24) is 18.8 Å². The van der Waals surface area contributed by atoms with Crippen LogP contribution >= 0.6 is 0 Å². The van der Waals surface area contributed by atoms with E-state index in [-0.39, 0.29) is 29.0 Å². The van der Waals surface area contributed by atoms with E-state index in [0.717, 1.165) is 6.20 Å². The molecule has 2 unspecified atom stereocenters. The predicted octanol–water partition coefficient (Wildman–Crippen LogP) is 2.04. The smallest absolute Gasteiger partial charge is 0.269 e. The van der Waals surface area contributed by atoms with Gasteiger partial charge >= 0.3 is 0 Å². The highest BCUT2D eigenvalue weighted by molar-refractivity contribution is 7.88. The zero-order valence-corrected chi connectivity index (χ0v) is 17.2. The van der Waals surface area contributed by atoms with Crippen molar-refractivity contribution in [3.05, 3.63) is 28.2 Å². The Balaban J connectivity index is 1.89. The third-order valence-corrected chi connectivity index (χ3v) is 6.25. The van der Waals surface area contributed by atoms with Crippen LogP contribution in [-0.2, 0) is 10.0 Å². The number of hydrogen-bond acceptors (Lipinski definition) is 7. The second kappa shape index (κ2) is 8.31. The highest BCUT2D eigenvalue weighted by atomic mass is 32.2. The first-order chi connectivity index (χ1) is 19.6. The number of anilines is 1. The molecule has 0 bridgehead atoms. The molecule has 12 heteroatoms. The van der Waals surface area contributed by atoms with Crippen molar-refractivity contribution in [2.24, 2.45) is 0 Å². The summed E-state index contributed by atoms with van der Waals surface area (Å²) in [6, 6.07) is -4.21. The van der Waals surface area contributed by atoms with E-state index in [1.54, 1.807) is 0 Å². The first kappa shape index (κ1) is 12.3. The topological polar surface area (TPSA) is 117 Å². The highest BCUT2D eigenvalue weighted by Gasteiger charge is 2.40. The van der Waals surface area contributed by atoms with Crippen LogP contribution in [0.1, 0.15) is 73.3 Å². The van der Waals surface area contributed by atoms with Gasteiger partial charge in [0.1, 0.15) is 7.02 Å². The van der Waals surface area contributed by atoms with Gasteiger partial charge in [0, 0.05) is 44.4 Å². The molecule has 176 valence electrons. The van der Waals surface area contributed by atoms with E-state index < -0.39 is 95.7 Å². The van der Waals surface area contributed by atoms with Crippen LogP contribution in [0.15, 0.2) is 17.1 Å². The van der Waals surface area contributed by atoms with Gasteiger partial charge in [-0.05, 0) is 44.9 Å². The standard InChI is InChI=1S/C20H27F2N5O4S/c1-20(29)7-3-4-15(20)27-17-12(10-14(16(21)22)18(27)28)11-23-19(25-17)24-13-5-8-26(9-6-13)32(2,30)31/h10-11,13,15-16,29H,3-9H2,1-2H3,(H,23,24,25)/i1D3,2D3,5D2,6D2,13D,16D. The molecule has 0 spiro atoms. The summed E-state index contributed by atoms with van der Waals surface area (Å²) in [6.07, 6.45) is -14.2. The number of halogens is 2. The van der Waals surface area contributed by atoms with Crippen LogP contribution in [0.5, 0.6) is 0 Å². The molecule has 4 rings (SSSR count). The van der Waals surface area contributed by atoms with E-state index in [0.29, 0.717) is 10.6 Å². The summed E-state index contributed by atoms with van der Waals surface area (Å²) in [5.74, 6) is -0.777. The molecule has 0 radical (unpaired) electrons. The number of aliphatic hydroxyl groups is 1. The Morgan fingerprint density at radius 1 is 1.47 bits per heavy atom. The summed E-state index contributed by atoms with van der Waals surface area (Å²) in [6.45, 7) is -5.66. The van der Waals surface area contributed by atoms with Crippen molar-refractivity contribution >= 4 is 27.0 Å². The normalized spacial score (nSPS) is 36.4. The lowest BCUT2D eigenvalue weighted by Crippen LogP contribution is -2.42. The lowest BCUT2D eigenvalue weighted by Gasteiger charge is -2.31. The number of alkyl halides is 2. The van der Waals surface area contributed by atoms with Crippen LogP contribution in [-0.4, -0.2) is 63.3 Å². The fraction of sp³-hybridized carbons (Fsp3) is 0.650. The van der Waals surface area contributed by atoms with E-state index in [1.807, 2.05) is 0 Å². The molecule has 0 aromatic carbocycles. The Kier molecular flexibility index (Phi) is 3.20. The number of nitrogens with zero attached hydrogens (tertiary/aromatic N) is 4. The van der Waals surface area contributed by atoms with E-state index in [9.17, 15) is 27.1 Å². The van der Waals surface area contributed by atoms with Crippen molar-refractivity contribution in [1.29, 1.82) is 0 Å². The third kappa shape index (κ3) is 4.35. The summed E-state index contributed by atoms with van der Waals surface area (Å²) in [4.78, 5) is 21.1. The zero-order valence-electron chi connectivity index (χ0n) is 28.4. The summed E-state index contributed by atoms with van der Waals surface area (Å²) < 4.78 is 148. The SMILES string of the molecule is [2H]C(F)(F)c1cc2cnc(NC3([2H])C([2H])([2H])CN(S(=O)(=O)C([2H])([2H])[2H])CC3([2H])[2H])nc2n(C2CCCC2(O)C([2H])([2H])[2H])c1=O. The minimum atomic E-state index is -5.23. The molecule has 1 saturated carbocycles. The molecule has 2 fully saturated rings. The van der Waals surface area contributed by atoms with Gasteiger partial charge in [0.25, 0.3) is 12.0 Å². The molecule has 2 aromatic rings. The van der Waals surface area contributed by atoms with E-state index in [4.69, 9.17) is 16.4 Å². The molecule has 3 heterocycles. The Labute approximate surface area is 201 Å². The van der Waals surface area contributed by atoms with Gasteiger partial charge in [-0.1, -0.05) is 0 Å². The second-order valence-electron chi connectivity index (χ2n) is 7.43. The summed E-state index contributed by atoms with van der Waals surface area (Å²) >= 11 is 0. The van der Waals surface area contributed by atoms with Gasteiger partial charge in [0.15, 0.2) is 0 Å². The van der Waals surface area contributed by atoms with Gasteiger partial charge in [-0.15, -0.1) is 0 Å². The maximum Gasteiger partial charge on any atom is 0.269 e. The number of pyridine rings is 1. The van der Waals surface area contributed by atoms with E-state index >= 15 is 0 Å². The highest BCUT2D eigenvalue weighted by Crippen LogP contribution is 2.39. The minimum Gasteiger partial charge on any atom is -0.388 e. The number of sulfonamides is 1. The first-order valence-corrected chi connectivity index (χ1v) is 10.9. The number of piperidine rings is 1. The number of aromatic nitrogens is 3. The second-order valence-corrected chi connectivity index (χ2v) is 8.89. The molecule has 1 aliphatic heterocycles. The lowest BCUT2D eigenvalue weighted by atomic mass is 9.99. The van der Waals surface area contributed by atoms with Gasteiger partial charge in [-0.2, -0.15) is 4.98 Å². The number of fused-ring (bicyclic) bond motifs is 1. The summed E-state index contributed by atoms with van der Waals surface area (Å²) in [5.41, 5.74) is -6.11. The number of hydrogen-bond donors (Lipinski definition) is 2. The van der Waals surface area contributed by atoms with E-state index in [2.05, 4.69) is 15.3 Å². The molecule has 9 nitrogen and oxygen atoms in total. The third-order valence-electron chi connectivity index (χ3n) is 5.32. The molecule has 2 aliphatic rings. The molecule has 2 atom stereocenters.